The summed E-state index contributed by atoms with van der Waals surface area (Å²) in [5.41, 5.74) is 4.32. The molecule has 2 aromatic rings. The lowest BCUT2D eigenvalue weighted by atomic mass is 9.86. The number of anilines is 1. The van der Waals surface area contributed by atoms with Gasteiger partial charge in [-0.2, -0.15) is 0 Å². The van der Waals surface area contributed by atoms with Crippen LogP contribution in [0, 0.1) is 5.92 Å². The third kappa shape index (κ3) is 5.29. The number of hydrogen-bond acceptors (Lipinski definition) is 5. The molecule has 3 aliphatic heterocycles. The lowest BCUT2D eigenvalue weighted by Gasteiger charge is -2.36. The van der Waals surface area contributed by atoms with E-state index < -0.39 is 0 Å². The molecule has 1 saturated heterocycles. The van der Waals surface area contributed by atoms with Crippen LogP contribution in [-0.4, -0.2) is 56.0 Å². The SMILES string of the molecule is COc1ccccc1OCC(C)N1CCC(CCC(=O)c2cc3c4c(c2)CCC(=O)N4CCC3)CC1. The number of carbonyl (C=O) groups excluding carboxylic acids is 2. The van der Waals surface area contributed by atoms with Crippen LogP contribution in [0.2, 0.25) is 0 Å². The summed E-state index contributed by atoms with van der Waals surface area (Å²) in [5.74, 6) is 2.63. The second-order valence-electron chi connectivity index (χ2n) is 10.5. The van der Waals surface area contributed by atoms with Crippen molar-refractivity contribution in [2.24, 2.45) is 5.92 Å². The van der Waals surface area contributed by atoms with E-state index in [0.29, 0.717) is 31.4 Å². The van der Waals surface area contributed by atoms with Gasteiger partial charge in [-0.3, -0.25) is 14.5 Å². The maximum absolute atomic E-state index is 13.1. The highest BCUT2D eigenvalue weighted by Crippen LogP contribution is 2.37. The Balaban J connectivity index is 1.10. The number of rotatable bonds is 9. The normalized spacial score (nSPS) is 19.1. The van der Waals surface area contributed by atoms with Crippen molar-refractivity contribution in [2.45, 2.75) is 64.3 Å². The Labute approximate surface area is 214 Å². The van der Waals surface area contributed by atoms with Gasteiger partial charge in [0, 0.05) is 31.0 Å². The first-order valence-corrected chi connectivity index (χ1v) is 13.5. The highest BCUT2D eigenvalue weighted by molar-refractivity contribution is 6.01. The molecule has 0 radical (unpaired) electrons. The minimum Gasteiger partial charge on any atom is -0.493 e. The van der Waals surface area contributed by atoms with E-state index in [0.717, 1.165) is 80.9 Å². The van der Waals surface area contributed by atoms with Gasteiger partial charge in [0.2, 0.25) is 5.91 Å². The lowest BCUT2D eigenvalue weighted by molar-refractivity contribution is -0.119. The Morgan fingerprint density at radius 1 is 1.03 bits per heavy atom. The number of nitrogens with zero attached hydrogens (tertiary/aromatic N) is 2. The van der Waals surface area contributed by atoms with Crippen LogP contribution in [0.4, 0.5) is 5.69 Å². The van der Waals surface area contributed by atoms with Gasteiger partial charge >= 0.3 is 0 Å². The highest BCUT2D eigenvalue weighted by atomic mass is 16.5. The Morgan fingerprint density at radius 3 is 2.50 bits per heavy atom. The molecule has 3 heterocycles. The Kier molecular flexibility index (Phi) is 7.61. The van der Waals surface area contributed by atoms with Gasteiger partial charge in [-0.15, -0.1) is 0 Å². The van der Waals surface area contributed by atoms with E-state index in [1.54, 1.807) is 7.11 Å². The highest BCUT2D eigenvalue weighted by Gasteiger charge is 2.30. The van der Waals surface area contributed by atoms with Crippen molar-refractivity contribution in [1.82, 2.24) is 4.90 Å². The van der Waals surface area contributed by atoms with Gasteiger partial charge in [0.1, 0.15) is 6.61 Å². The second kappa shape index (κ2) is 11.0. The summed E-state index contributed by atoms with van der Waals surface area (Å²) in [6.07, 6.45) is 7.08. The molecule has 36 heavy (non-hydrogen) atoms. The monoisotopic (exact) mass is 490 g/mol. The molecule has 0 spiro atoms. The summed E-state index contributed by atoms with van der Waals surface area (Å²) >= 11 is 0. The van der Waals surface area contributed by atoms with Crippen molar-refractivity contribution in [3.63, 3.8) is 0 Å². The molecule has 6 heteroatoms. The van der Waals surface area contributed by atoms with Crippen LogP contribution in [0.15, 0.2) is 36.4 Å². The summed E-state index contributed by atoms with van der Waals surface area (Å²) in [6.45, 7) is 5.75. The number of ketones is 1. The van der Waals surface area contributed by atoms with Crippen molar-refractivity contribution >= 4 is 17.4 Å². The van der Waals surface area contributed by atoms with Gasteiger partial charge < -0.3 is 14.4 Å². The standard InChI is InChI=1S/C30H38N2O4/c1-21(20-36-28-8-4-3-7-27(28)35-2)31-16-13-22(14-17-31)9-11-26(33)25-18-23-6-5-15-32-29(34)12-10-24(19-25)30(23)32/h3-4,7-8,18-19,21-22H,5-6,9-17,20H2,1-2H3. The van der Waals surface area contributed by atoms with Gasteiger partial charge in [0.05, 0.1) is 12.8 Å². The smallest absolute Gasteiger partial charge is 0.227 e. The number of likely N-dealkylation sites (tertiary alicyclic amines) is 1. The van der Waals surface area contributed by atoms with Crippen molar-refractivity contribution in [2.75, 3.05) is 38.3 Å². The average molecular weight is 491 g/mol. The molecule has 1 atom stereocenters. The van der Waals surface area contributed by atoms with Crippen LogP contribution in [0.3, 0.4) is 0 Å². The van der Waals surface area contributed by atoms with Crippen LogP contribution in [0.1, 0.15) is 66.9 Å². The largest absolute Gasteiger partial charge is 0.493 e. The molecule has 1 fully saturated rings. The summed E-state index contributed by atoms with van der Waals surface area (Å²) in [5, 5.41) is 0. The van der Waals surface area contributed by atoms with E-state index in [4.69, 9.17) is 9.47 Å². The first-order valence-electron chi connectivity index (χ1n) is 13.5. The third-order valence-electron chi connectivity index (χ3n) is 8.20. The van der Waals surface area contributed by atoms with Crippen molar-refractivity contribution < 1.29 is 19.1 Å². The lowest BCUT2D eigenvalue weighted by Crippen LogP contribution is -2.42. The zero-order valence-corrected chi connectivity index (χ0v) is 21.6. The second-order valence-corrected chi connectivity index (χ2v) is 10.5. The molecule has 0 saturated carbocycles. The van der Waals surface area contributed by atoms with E-state index in [-0.39, 0.29) is 11.7 Å². The van der Waals surface area contributed by atoms with Crippen molar-refractivity contribution in [3.8, 4) is 11.5 Å². The predicted octanol–water partition coefficient (Wildman–Crippen LogP) is 5.06. The Hall–Kier alpha value is -2.86. The van der Waals surface area contributed by atoms with Crippen LogP contribution in [0.25, 0.3) is 0 Å². The first-order chi connectivity index (χ1) is 17.5. The Bertz CT molecular complexity index is 1090. The summed E-state index contributed by atoms with van der Waals surface area (Å²) in [6, 6.07) is 12.2. The molecule has 2 aromatic carbocycles. The topological polar surface area (TPSA) is 59.1 Å². The minimum absolute atomic E-state index is 0.231. The van der Waals surface area contributed by atoms with Gasteiger partial charge in [0.25, 0.3) is 0 Å². The predicted molar refractivity (Wildman–Crippen MR) is 141 cm³/mol. The fourth-order valence-electron chi connectivity index (χ4n) is 6.03. The number of methoxy groups -OCH3 is 1. The van der Waals surface area contributed by atoms with Crippen LogP contribution >= 0.6 is 0 Å². The number of ether oxygens (including phenoxy) is 2. The average Bonchev–Trinajstić information content (AvgIpc) is 2.92. The van der Waals surface area contributed by atoms with Crippen molar-refractivity contribution in [1.29, 1.82) is 0 Å². The van der Waals surface area contributed by atoms with Crippen LogP contribution in [-0.2, 0) is 17.6 Å². The van der Waals surface area contributed by atoms with E-state index >= 15 is 0 Å². The van der Waals surface area contributed by atoms with E-state index in [9.17, 15) is 9.59 Å². The van der Waals surface area contributed by atoms with Gasteiger partial charge in [-0.25, -0.2) is 0 Å². The fraction of sp³-hybridized carbons (Fsp3) is 0.533. The van der Waals surface area contributed by atoms with Crippen LogP contribution < -0.4 is 14.4 Å². The summed E-state index contributed by atoms with van der Waals surface area (Å²) in [7, 11) is 1.67. The van der Waals surface area contributed by atoms with E-state index in [1.807, 2.05) is 29.2 Å². The Morgan fingerprint density at radius 2 is 1.75 bits per heavy atom. The third-order valence-corrected chi connectivity index (χ3v) is 8.20. The molecule has 0 N–H and O–H groups in total. The number of para-hydroxylation sites is 2. The maximum atomic E-state index is 13.1. The fourth-order valence-corrected chi connectivity index (χ4v) is 6.03. The first kappa shape index (κ1) is 24.8. The molecular formula is C30H38N2O4. The van der Waals surface area contributed by atoms with E-state index in [1.165, 1.54) is 11.1 Å². The summed E-state index contributed by atoms with van der Waals surface area (Å²) < 4.78 is 11.4. The van der Waals surface area contributed by atoms with Gasteiger partial charge in [0.15, 0.2) is 17.3 Å². The van der Waals surface area contributed by atoms with Crippen LogP contribution in [0.5, 0.6) is 11.5 Å². The molecule has 5 rings (SSSR count). The number of aryl methyl sites for hydroxylation is 2. The van der Waals surface area contributed by atoms with Crippen molar-refractivity contribution in [3.05, 3.63) is 53.1 Å². The molecule has 0 aliphatic carbocycles. The zero-order valence-electron chi connectivity index (χ0n) is 21.6. The number of benzene rings is 2. The molecule has 3 aliphatic rings. The number of Topliss-reactive ketones (excluding diaryl/α,β-unsaturated/α-hetero) is 1. The van der Waals surface area contributed by atoms with Gasteiger partial charge in [-0.1, -0.05) is 12.1 Å². The molecule has 0 bridgehead atoms. The molecule has 0 aromatic heterocycles. The maximum Gasteiger partial charge on any atom is 0.227 e. The zero-order chi connectivity index (χ0) is 25.1. The quantitative estimate of drug-likeness (QED) is 0.460. The molecule has 192 valence electrons. The van der Waals surface area contributed by atoms with E-state index in [2.05, 4.69) is 24.0 Å². The molecular weight excluding hydrogens is 452 g/mol. The summed E-state index contributed by atoms with van der Waals surface area (Å²) in [4.78, 5) is 29.9. The molecule has 1 unspecified atom stereocenters. The minimum atomic E-state index is 0.231. The number of carbonyl (C=O) groups is 2. The van der Waals surface area contributed by atoms with Gasteiger partial charge in [-0.05, 0) is 99.8 Å². The number of hydrogen-bond donors (Lipinski definition) is 0. The number of piperidine rings is 1. The molecule has 1 amide bonds. The molecule has 6 nitrogen and oxygen atoms in total. The number of amides is 1.